The Morgan fingerprint density at radius 3 is 2.27 bits per heavy atom. The number of carboxylic acid groups (broad SMARTS) is 1. The summed E-state index contributed by atoms with van der Waals surface area (Å²) in [7, 11) is 1.66. The van der Waals surface area contributed by atoms with Gasteiger partial charge in [0.05, 0.1) is 5.56 Å². The van der Waals surface area contributed by atoms with Crippen molar-refractivity contribution in [1.29, 1.82) is 0 Å². The van der Waals surface area contributed by atoms with Gasteiger partial charge in [-0.05, 0) is 44.9 Å². The molecule has 0 aromatic heterocycles. The predicted molar refractivity (Wildman–Crippen MR) is 83.8 cm³/mol. The van der Waals surface area contributed by atoms with Crippen molar-refractivity contribution in [2.24, 2.45) is 5.73 Å². The summed E-state index contributed by atoms with van der Waals surface area (Å²) in [6, 6.07) is 6.17. The number of hydrogen-bond acceptors (Lipinski definition) is 4. The molecule has 0 fully saturated rings. The van der Waals surface area contributed by atoms with Gasteiger partial charge in [-0.2, -0.15) is 0 Å². The average molecular weight is 308 g/mol. The maximum atomic E-state index is 11.8. The molecule has 0 spiro atoms. The zero-order chi connectivity index (χ0) is 16.9. The number of nitrogens with two attached hydrogens (primary N) is 1. The van der Waals surface area contributed by atoms with Gasteiger partial charge >= 0.3 is 12.1 Å². The maximum absolute atomic E-state index is 11.8. The first-order valence-electron chi connectivity index (χ1n) is 7.13. The molecule has 6 nitrogen and oxygen atoms in total. The summed E-state index contributed by atoms with van der Waals surface area (Å²) in [4.78, 5) is 24.1. The minimum absolute atomic E-state index is 0.224. The Bertz CT molecular complexity index is 520. The normalized spacial score (nSPS) is 12.6. The Hall–Kier alpha value is -2.08. The second kappa shape index (κ2) is 7.26. The first kappa shape index (κ1) is 18.0. The van der Waals surface area contributed by atoms with Crippen molar-refractivity contribution in [2.45, 2.75) is 38.8 Å². The van der Waals surface area contributed by atoms with E-state index in [1.165, 1.54) is 17.0 Å². The van der Waals surface area contributed by atoms with Gasteiger partial charge in [0.2, 0.25) is 0 Å². The van der Waals surface area contributed by atoms with Gasteiger partial charge in [0.25, 0.3) is 0 Å². The molecular formula is C16H24N2O4. The SMILES string of the molecule is CN(CCC(N)c1ccc(C(=O)O)cc1)C(=O)OC(C)(C)C. The topological polar surface area (TPSA) is 92.9 Å². The van der Waals surface area contributed by atoms with Crippen molar-refractivity contribution in [2.75, 3.05) is 13.6 Å². The van der Waals surface area contributed by atoms with Crippen LogP contribution in [0.1, 0.15) is 49.2 Å². The lowest BCUT2D eigenvalue weighted by Crippen LogP contribution is -2.35. The number of benzene rings is 1. The van der Waals surface area contributed by atoms with Crippen LogP contribution in [0.3, 0.4) is 0 Å². The number of rotatable bonds is 5. The summed E-state index contributed by atoms with van der Waals surface area (Å²) in [6.45, 7) is 5.90. The number of ether oxygens (including phenoxy) is 1. The number of carboxylic acids is 1. The lowest BCUT2D eigenvalue weighted by molar-refractivity contribution is 0.0294. The zero-order valence-corrected chi connectivity index (χ0v) is 13.5. The van der Waals surface area contributed by atoms with Crippen molar-refractivity contribution in [3.63, 3.8) is 0 Å². The van der Waals surface area contributed by atoms with E-state index in [1.54, 1.807) is 19.2 Å². The van der Waals surface area contributed by atoms with Crippen LogP contribution in [0.15, 0.2) is 24.3 Å². The van der Waals surface area contributed by atoms with Gasteiger partial charge in [0.1, 0.15) is 5.60 Å². The maximum Gasteiger partial charge on any atom is 0.410 e. The summed E-state index contributed by atoms with van der Waals surface area (Å²) in [5.74, 6) is -0.968. The fourth-order valence-electron chi connectivity index (χ4n) is 1.80. The Balaban J connectivity index is 2.53. The second-order valence-corrected chi connectivity index (χ2v) is 6.22. The van der Waals surface area contributed by atoms with Crippen molar-refractivity contribution in [3.05, 3.63) is 35.4 Å². The van der Waals surface area contributed by atoms with Crippen LogP contribution in [-0.4, -0.2) is 41.3 Å². The van der Waals surface area contributed by atoms with Crippen LogP contribution in [0.2, 0.25) is 0 Å². The van der Waals surface area contributed by atoms with Crippen molar-refractivity contribution in [3.8, 4) is 0 Å². The summed E-state index contributed by atoms with van der Waals surface area (Å²) in [5.41, 5.74) is 6.60. The molecule has 1 amide bonds. The third-order valence-corrected chi connectivity index (χ3v) is 3.07. The molecule has 0 bridgehead atoms. The smallest absolute Gasteiger partial charge is 0.410 e. The molecule has 122 valence electrons. The molecule has 1 rings (SSSR count). The summed E-state index contributed by atoms with van der Waals surface area (Å²) < 4.78 is 5.26. The molecule has 1 aromatic carbocycles. The molecule has 0 aliphatic carbocycles. The van der Waals surface area contributed by atoms with E-state index in [9.17, 15) is 9.59 Å². The van der Waals surface area contributed by atoms with Gasteiger partial charge < -0.3 is 20.5 Å². The zero-order valence-electron chi connectivity index (χ0n) is 13.5. The molecular weight excluding hydrogens is 284 g/mol. The highest BCUT2D eigenvalue weighted by molar-refractivity contribution is 5.87. The fraction of sp³-hybridized carbons (Fsp3) is 0.500. The summed E-state index contributed by atoms with van der Waals surface area (Å²) in [5, 5.41) is 8.86. The third-order valence-electron chi connectivity index (χ3n) is 3.07. The highest BCUT2D eigenvalue weighted by atomic mass is 16.6. The molecule has 3 N–H and O–H groups in total. The second-order valence-electron chi connectivity index (χ2n) is 6.22. The number of carbonyl (C=O) groups excluding carboxylic acids is 1. The van der Waals surface area contributed by atoms with E-state index in [2.05, 4.69) is 0 Å². The van der Waals surface area contributed by atoms with E-state index < -0.39 is 11.6 Å². The van der Waals surface area contributed by atoms with Gasteiger partial charge in [-0.15, -0.1) is 0 Å². The predicted octanol–water partition coefficient (Wildman–Crippen LogP) is 2.64. The van der Waals surface area contributed by atoms with E-state index in [0.29, 0.717) is 13.0 Å². The van der Waals surface area contributed by atoms with E-state index in [-0.39, 0.29) is 17.7 Å². The van der Waals surface area contributed by atoms with Crippen LogP contribution in [0, 0.1) is 0 Å². The van der Waals surface area contributed by atoms with Crippen molar-refractivity contribution < 1.29 is 19.4 Å². The van der Waals surface area contributed by atoms with Crippen molar-refractivity contribution in [1.82, 2.24) is 4.90 Å². The standard InChI is InChI=1S/C16H24N2O4/c1-16(2,3)22-15(21)18(4)10-9-13(17)11-5-7-12(8-6-11)14(19)20/h5-8,13H,9-10,17H2,1-4H3,(H,19,20). The fourth-order valence-corrected chi connectivity index (χ4v) is 1.80. The molecule has 1 atom stereocenters. The lowest BCUT2D eigenvalue weighted by atomic mass is 10.0. The van der Waals surface area contributed by atoms with E-state index in [1.807, 2.05) is 20.8 Å². The number of nitrogens with zero attached hydrogens (tertiary/aromatic N) is 1. The highest BCUT2D eigenvalue weighted by Crippen LogP contribution is 2.16. The largest absolute Gasteiger partial charge is 0.478 e. The van der Waals surface area contributed by atoms with E-state index >= 15 is 0 Å². The third kappa shape index (κ3) is 5.73. The van der Waals surface area contributed by atoms with Gasteiger partial charge in [0.15, 0.2) is 0 Å². The van der Waals surface area contributed by atoms with Crippen LogP contribution < -0.4 is 5.73 Å². The van der Waals surface area contributed by atoms with Crippen LogP contribution in [-0.2, 0) is 4.74 Å². The molecule has 0 radical (unpaired) electrons. The minimum Gasteiger partial charge on any atom is -0.478 e. The molecule has 22 heavy (non-hydrogen) atoms. The number of amides is 1. The Morgan fingerprint density at radius 2 is 1.82 bits per heavy atom. The first-order valence-corrected chi connectivity index (χ1v) is 7.13. The molecule has 0 aliphatic heterocycles. The molecule has 0 heterocycles. The molecule has 0 saturated heterocycles. The van der Waals surface area contributed by atoms with Crippen LogP contribution >= 0.6 is 0 Å². The monoisotopic (exact) mass is 308 g/mol. The van der Waals surface area contributed by atoms with Gasteiger partial charge in [0, 0.05) is 19.6 Å². The Kier molecular flexibility index (Phi) is 5.93. The number of hydrogen-bond donors (Lipinski definition) is 2. The summed E-state index contributed by atoms with van der Waals surface area (Å²) >= 11 is 0. The molecule has 0 saturated carbocycles. The molecule has 6 heteroatoms. The molecule has 1 unspecified atom stereocenters. The Labute approximate surface area is 130 Å². The Morgan fingerprint density at radius 1 is 1.27 bits per heavy atom. The first-order chi connectivity index (χ1) is 10.1. The van der Waals surface area contributed by atoms with Gasteiger partial charge in [-0.3, -0.25) is 0 Å². The van der Waals surface area contributed by atoms with Crippen LogP contribution in [0.25, 0.3) is 0 Å². The average Bonchev–Trinajstić information content (AvgIpc) is 2.42. The van der Waals surface area contributed by atoms with Crippen LogP contribution in [0.5, 0.6) is 0 Å². The van der Waals surface area contributed by atoms with E-state index in [0.717, 1.165) is 5.56 Å². The van der Waals surface area contributed by atoms with Gasteiger partial charge in [-0.1, -0.05) is 12.1 Å². The van der Waals surface area contributed by atoms with Crippen LogP contribution in [0.4, 0.5) is 4.79 Å². The lowest BCUT2D eigenvalue weighted by Gasteiger charge is -2.25. The van der Waals surface area contributed by atoms with Crippen molar-refractivity contribution >= 4 is 12.1 Å². The quantitative estimate of drug-likeness (QED) is 0.872. The number of carbonyl (C=O) groups is 2. The number of aromatic carboxylic acids is 1. The van der Waals surface area contributed by atoms with Gasteiger partial charge in [-0.25, -0.2) is 9.59 Å². The summed E-state index contributed by atoms with van der Waals surface area (Å²) in [6.07, 6.45) is 0.170. The highest BCUT2D eigenvalue weighted by Gasteiger charge is 2.20. The minimum atomic E-state index is -0.968. The molecule has 1 aromatic rings. The molecule has 0 aliphatic rings. The van der Waals surface area contributed by atoms with E-state index in [4.69, 9.17) is 15.6 Å².